The topological polar surface area (TPSA) is 71.0 Å². The van der Waals surface area contributed by atoms with Gasteiger partial charge in [-0.15, -0.1) is 0 Å². The molecule has 3 aromatic rings. The summed E-state index contributed by atoms with van der Waals surface area (Å²) in [5, 5.41) is 2.97. The van der Waals surface area contributed by atoms with Gasteiger partial charge in [0.1, 0.15) is 6.33 Å². The summed E-state index contributed by atoms with van der Waals surface area (Å²) < 4.78 is 0. The number of amides is 1. The van der Waals surface area contributed by atoms with Crippen molar-refractivity contribution < 1.29 is 4.79 Å². The minimum Gasteiger partial charge on any atom is -0.364 e. The summed E-state index contributed by atoms with van der Waals surface area (Å²) in [5.41, 5.74) is 7.17. The molecule has 6 nitrogen and oxygen atoms in total. The number of carbonyl (C=O) groups excluding carboxylic acids is 1. The van der Waals surface area contributed by atoms with Gasteiger partial charge in [-0.25, -0.2) is 9.97 Å². The molecule has 0 saturated carbocycles. The van der Waals surface area contributed by atoms with Crippen molar-refractivity contribution in [2.75, 3.05) is 23.3 Å². The van der Waals surface area contributed by atoms with Gasteiger partial charge in [-0.3, -0.25) is 9.78 Å². The van der Waals surface area contributed by atoms with Crippen LogP contribution in [-0.2, 0) is 0 Å². The summed E-state index contributed by atoms with van der Waals surface area (Å²) >= 11 is 0. The molecule has 0 unspecified atom stereocenters. The van der Waals surface area contributed by atoms with Crippen LogP contribution in [0.25, 0.3) is 5.57 Å². The number of carbonyl (C=O) groups is 1. The Kier molecular flexibility index (Phi) is 5.33. The van der Waals surface area contributed by atoms with Gasteiger partial charge in [-0.1, -0.05) is 17.7 Å². The first-order valence-corrected chi connectivity index (χ1v) is 9.63. The summed E-state index contributed by atoms with van der Waals surface area (Å²) in [7, 11) is 0. The Balaban J connectivity index is 1.50. The molecule has 3 heterocycles. The maximum Gasteiger partial charge on any atom is 0.256 e. The van der Waals surface area contributed by atoms with Gasteiger partial charge in [0.2, 0.25) is 0 Å². The quantitative estimate of drug-likeness (QED) is 0.732. The highest BCUT2D eigenvalue weighted by molar-refractivity contribution is 6.05. The van der Waals surface area contributed by atoms with Gasteiger partial charge in [-0.05, 0) is 55.2 Å². The van der Waals surface area contributed by atoms with Crippen LogP contribution in [0.5, 0.6) is 0 Å². The third-order valence-corrected chi connectivity index (χ3v) is 5.29. The molecule has 0 saturated heterocycles. The number of nitrogens with one attached hydrogen (secondary N) is 1. The van der Waals surface area contributed by atoms with E-state index in [9.17, 15) is 4.79 Å². The Hall–Kier alpha value is -3.54. The third kappa shape index (κ3) is 4.16. The number of aromatic nitrogens is 3. The molecule has 0 bridgehead atoms. The molecule has 1 aliphatic heterocycles. The Labute approximate surface area is 170 Å². The van der Waals surface area contributed by atoms with Crippen LogP contribution in [0.15, 0.2) is 67.0 Å². The lowest BCUT2D eigenvalue weighted by Gasteiger charge is -2.31. The molecule has 146 valence electrons. The number of benzene rings is 1. The molecule has 29 heavy (non-hydrogen) atoms. The zero-order valence-electron chi connectivity index (χ0n) is 16.6. The average molecular weight is 385 g/mol. The first kappa shape index (κ1) is 18.8. The SMILES string of the molecule is CC1=C(c2ccc(NC(=O)c3ccncc3C)cc2)CN(c2cncnc2)CC1. The molecule has 1 aromatic carbocycles. The van der Waals surface area contributed by atoms with E-state index in [1.165, 1.54) is 16.7 Å². The molecular weight excluding hydrogens is 362 g/mol. The fourth-order valence-corrected chi connectivity index (χ4v) is 3.55. The van der Waals surface area contributed by atoms with Crippen LogP contribution >= 0.6 is 0 Å². The molecule has 4 rings (SSSR count). The minimum absolute atomic E-state index is 0.124. The summed E-state index contributed by atoms with van der Waals surface area (Å²) in [5.74, 6) is -0.124. The van der Waals surface area contributed by atoms with Crippen LogP contribution in [-0.4, -0.2) is 33.9 Å². The smallest absolute Gasteiger partial charge is 0.256 e. The lowest BCUT2D eigenvalue weighted by Crippen LogP contribution is -2.31. The van der Waals surface area contributed by atoms with E-state index in [0.717, 1.165) is 36.4 Å². The van der Waals surface area contributed by atoms with Crippen LogP contribution in [0.4, 0.5) is 11.4 Å². The molecule has 1 N–H and O–H groups in total. The molecule has 1 amide bonds. The molecule has 0 aliphatic carbocycles. The van der Waals surface area contributed by atoms with Gasteiger partial charge in [-0.2, -0.15) is 0 Å². The van der Waals surface area contributed by atoms with Gasteiger partial charge in [0.05, 0.1) is 18.1 Å². The van der Waals surface area contributed by atoms with E-state index in [4.69, 9.17) is 0 Å². The van der Waals surface area contributed by atoms with Crippen LogP contribution in [0.2, 0.25) is 0 Å². The van der Waals surface area contributed by atoms with E-state index < -0.39 is 0 Å². The number of nitrogens with zero attached hydrogens (tertiary/aromatic N) is 4. The summed E-state index contributed by atoms with van der Waals surface area (Å²) in [4.78, 5) is 27.1. The minimum atomic E-state index is -0.124. The lowest BCUT2D eigenvalue weighted by atomic mass is 9.94. The Morgan fingerprint density at radius 1 is 1.00 bits per heavy atom. The highest BCUT2D eigenvalue weighted by Gasteiger charge is 2.19. The maximum absolute atomic E-state index is 12.5. The first-order valence-electron chi connectivity index (χ1n) is 9.63. The number of hydrogen-bond donors (Lipinski definition) is 1. The fraction of sp³-hybridized carbons (Fsp3) is 0.217. The van der Waals surface area contributed by atoms with Crippen LogP contribution in [0, 0.1) is 6.92 Å². The van der Waals surface area contributed by atoms with Crippen molar-refractivity contribution >= 4 is 22.9 Å². The van der Waals surface area contributed by atoms with Gasteiger partial charge in [0, 0.05) is 36.7 Å². The molecule has 0 radical (unpaired) electrons. The van der Waals surface area contributed by atoms with Crippen molar-refractivity contribution in [2.24, 2.45) is 0 Å². The van der Waals surface area contributed by atoms with Crippen molar-refractivity contribution in [3.05, 3.63) is 83.7 Å². The largest absolute Gasteiger partial charge is 0.364 e. The number of hydrogen-bond acceptors (Lipinski definition) is 5. The molecule has 6 heteroatoms. The lowest BCUT2D eigenvalue weighted by molar-refractivity contribution is 0.102. The second-order valence-electron chi connectivity index (χ2n) is 7.25. The summed E-state index contributed by atoms with van der Waals surface area (Å²) in [6, 6.07) is 9.78. The summed E-state index contributed by atoms with van der Waals surface area (Å²) in [6.07, 6.45) is 9.59. The van der Waals surface area contributed by atoms with Crippen molar-refractivity contribution in [1.29, 1.82) is 0 Å². The van der Waals surface area contributed by atoms with Crippen molar-refractivity contribution in [3.63, 3.8) is 0 Å². The van der Waals surface area contributed by atoms with Crippen molar-refractivity contribution in [1.82, 2.24) is 15.0 Å². The van der Waals surface area contributed by atoms with E-state index >= 15 is 0 Å². The molecule has 0 spiro atoms. The standard InChI is InChI=1S/C23H23N5O/c1-16-8-10-28(20-12-25-15-26-13-20)14-22(16)18-3-5-19(6-4-18)27-23(29)21-7-9-24-11-17(21)2/h3-7,9,11-13,15H,8,10,14H2,1-2H3,(H,27,29). The second-order valence-corrected chi connectivity index (χ2v) is 7.25. The second kappa shape index (κ2) is 8.22. The van der Waals surface area contributed by atoms with E-state index in [-0.39, 0.29) is 5.91 Å². The first-order chi connectivity index (χ1) is 14.1. The van der Waals surface area contributed by atoms with Crippen molar-refractivity contribution in [3.8, 4) is 0 Å². The van der Waals surface area contributed by atoms with Crippen LogP contribution < -0.4 is 10.2 Å². The highest BCUT2D eigenvalue weighted by Crippen LogP contribution is 2.29. The molecule has 0 fully saturated rings. The Morgan fingerprint density at radius 3 is 2.48 bits per heavy atom. The van der Waals surface area contributed by atoms with E-state index in [1.807, 2.05) is 31.5 Å². The number of aryl methyl sites for hydroxylation is 1. The Morgan fingerprint density at radius 2 is 1.76 bits per heavy atom. The predicted octanol–water partition coefficient (Wildman–Crippen LogP) is 4.12. The highest BCUT2D eigenvalue weighted by atomic mass is 16.1. The predicted molar refractivity (Wildman–Crippen MR) is 115 cm³/mol. The number of rotatable bonds is 4. The zero-order chi connectivity index (χ0) is 20.2. The van der Waals surface area contributed by atoms with Gasteiger partial charge >= 0.3 is 0 Å². The normalized spacial score (nSPS) is 14.1. The van der Waals surface area contributed by atoms with Gasteiger partial charge in [0.15, 0.2) is 0 Å². The molecule has 2 aromatic heterocycles. The molecule has 1 aliphatic rings. The number of anilines is 2. The van der Waals surface area contributed by atoms with E-state index in [2.05, 4.69) is 44.2 Å². The van der Waals surface area contributed by atoms with Crippen LogP contribution in [0.3, 0.4) is 0 Å². The molecule has 0 atom stereocenters. The van der Waals surface area contributed by atoms with E-state index in [0.29, 0.717) is 5.56 Å². The third-order valence-electron chi connectivity index (χ3n) is 5.29. The van der Waals surface area contributed by atoms with Gasteiger partial charge < -0.3 is 10.2 Å². The zero-order valence-corrected chi connectivity index (χ0v) is 16.6. The Bertz CT molecular complexity index is 1040. The van der Waals surface area contributed by atoms with E-state index in [1.54, 1.807) is 24.8 Å². The summed E-state index contributed by atoms with van der Waals surface area (Å²) in [6.45, 7) is 5.85. The number of pyridine rings is 1. The maximum atomic E-state index is 12.5. The molecular formula is C23H23N5O. The van der Waals surface area contributed by atoms with Crippen LogP contribution in [0.1, 0.15) is 34.8 Å². The fourth-order valence-electron chi connectivity index (χ4n) is 3.55. The average Bonchev–Trinajstić information content (AvgIpc) is 2.76. The monoisotopic (exact) mass is 385 g/mol. The van der Waals surface area contributed by atoms with Crippen molar-refractivity contribution in [2.45, 2.75) is 20.3 Å². The van der Waals surface area contributed by atoms with Gasteiger partial charge in [0.25, 0.3) is 5.91 Å².